The van der Waals surface area contributed by atoms with Crippen LogP contribution in [0.1, 0.15) is 44.6 Å². The monoisotopic (exact) mass is 302 g/mol. The standard InChI is InChI=1S/C19H23FO2/c1-11-12-6-15-8-13(11)9-16(7-12)19(15,10-18(21)22)14-2-4-17(20)5-3-14/h2-5,11-13,15-16H,6-10H2,1H3,(H,21,22). The van der Waals surface area contributed by atoms with Crippen molar-refractivity contribution in [3.63, 3.8) is 0 Å². The molecule has 0 amide bonds. The van der Waals surface area contributed by atoms with Crippen molar-refractivity contribution in [2.24, 2.45) is 29.6 Å². The fraction of sp³-hybridized carbons (Fsp3) is 0.632. The highest BCUT2D eigenvalue weighted by molar-refractivity contribution is 5.69. The van der Waals surface area contributed by atoms with Crippen LogP contribution in [0.3, 0.4) is 0 Å². The van der Waals surface area contributed by atoms with Gasteiger partial charge in [-0.15, -0.1) is 0 Å². The van der Waals surface area contributed by atoms with Crippen LogP contribution in [0.5, 0.6) is 0 Å². The van der Waals surface area contributed by atoms with Crippen molar-refractivity contribution in [1.82, 2.24) is 0 Å². The zero-order valence-corrected chi connectivity index (χ0v) is 13.0. The molecule has 4 aliphatic rings. The summed E-state index contributed by atoms with van der Waals surface area (Å²) in [6, 6.07) is 6.66. The van der Waals surface area contributed by atoms with E-state index in [4.69, 9.17) is 0 Å². The highest BCUT2D eigenvalue weighted by Gasteiger charge is 2.60. The third-order valence-corrected chi connectivity index (χ3v) is 7.12. The van der Waals surface area contributed by atoms with Crippen LogP contribution in [0.25, 0.3) is 0 Å². The number of carbonyl (C=O) groups is 1. The van der Waals surface area contributed by atoms with Gasteiger partial charge < -0.3 is 5.11 Å². The van der Waals surface area contributed by atoms with Gasteiger partial charge in [-0.3, -0.25) is 4.79 Å². The summed E-state index contributed by atoms with van der Waals surface area (Å²) >= 11 is 0. The summed E-state index contributed by atoms with van der Waals surface area (Å²) in [4.78, 5) is 11.6. The van der Waals surface area contributed by atoms with Crippen LogP contribution < -0.4 is 0 Å². The van der Waals surface area contributed by atoms with Gasteiger partial charge in [0.2, 0.25) is 0 Å². The van der Waals surface area contributed by atoms with E-state index >= 15 is 0 Å². The van der Waals surface area contributed by atoms with Crippen LogP contribution in [0.2, 0.25) is 0 Å². The van der Waals surface area contributed by atoms with E-state index in [1.165, 1.54) is 12.1 Å². The quantitative estimate of drug-likeness (QED) is 0.906. The van der Waals surface area contributed by atoms with E-state index in [-0.39, 0.29) is 17.7 Å². The molecule has 2 nitrogen and oxygen atoms in total. The summed E-state index contributed by atoms with van der Waals surface area (Å²) in [7, 11) is 0. The number of benzene rings is 1. The molecule has 22 heavy (non-hydrogen) atoms. The molecule has 0 aromatic heterocycles. The summed E-state index contributed by atoms with van der Waals surface area (Å²) in [5, 5.41) is 9.56. The van der Waals surface area contributed by atoms with E-state index in [2.05, 4.69) is 6.92 Å². The third kappa shape index (κ3) is 1.87. The molecule has 3 heteroatoms. The fourth-order valence-electron chi connectivity index (χ4n) is 6.14. The molecule has 4 bridgehead atoms. The van der Waals surface area contributed by atoms with Crippen molar-refractivity contribution in [2.75, 3.05) is 0 Å². The van der Waals surface area contributed by atoms with E-state index in [0.717, 1.165) is 49.0 Å². The van der Waals surface area contributed by atoms with Gasteiger partial charge >= 0.3 is 5.97 Å². The molecule has 1 N–H and O–H groups in total. The maximum absolute atomic E-state index is 13.3. The van der Waals surface area contributed by atoms with Gasteiger partial charge in [0.1, 0.15) is 5.82 Å². The maximum atomic E-state index is 13.3. The first-order valence-electron chi connectivity index (χ1n) is 8.48. The topological polar surface area (TPSA) is 37.3 Å². The molecule has 4 aliphatic carbocycles. The van der Waals surface area contributed by atoms with Gasteiger partial charge in [-0.1, -0.05) is 19.1 Å². The third-order valence-electron chi connectivity index (χ3n) is 7.12. The number of halogens is 1. The van der Waals surface area contributed by atoms with Gasteiger partial charge in [0.25, 0.3) is 0 Å². The molecule has 0 heterocycles. The molecular formula is C19H23FO2. The lowest BCUT2D eigenvalue weighted by molar-refractivity contribution is -0.147. The highest BCUT2D eigenvalue weighted by atomic mass is 19.1. The Labute approximate surface area is 130 Å². The van der Waals surface area contributed by atoms with Crippen LogP contribution in [-0.2, 0) is 10.2 Å². The minimum absolute atomic E-state index is 0.196. The van der Waals surface area contributed by atoms with Crippen LogP contribution in [0.15, 0.2) is 24.3 Å². The molecule has 4 fully saturated rings. The SMILES string of the molecule is CC1C2CC3CC1CC(C2)C3(CC(=O)O)c1ccc(F)cc1. The number of carboxylic acid groups (broad SMARTS) is 1. The second-order valence-electron chi connectivity index (χ2n) is 7.83. The second-order valence-corrected chi connectivity index (χ2v) is 7.83. The molecule has 0 atom stereocenters. The van der Waals surface area contributed by atoms with Crippen molar-refractivity contribution in [1.29, 1.82) is 0 Å². The maximum Gasteiger partial charge on any atom is 0.304 e. The van der Waals surface area contributed by atoms with Crippen LogP contribution >= 0.6 is 0 Å². The Morgan fingerprint density at radius 2 is 1.64 bits per heavy atom. The largest absolute Gasteiger partial charge is 0.481 e. The van der Waals surface area contributed by atoms with E-state index in [1.807, 2.05) is 12.1 Å². The molecule has 0 unspecified atom stereocenters. The molecular weight excluding hydrogens is 279 g/mol. The molecule has 118 valence electrons. The summed E-state index contributed by atoms with van der Waals surface area (Å²) < 4.78 is 13.3. The number of hydrogen-bond acceptors (Lipinski definition) is 1. The number of hydrogen-bond donors (Lipinski definition) is 1. The first-order valence-corrected chi connectivity index (χ1v) is 8.48. The van der Waals surface area contributed by atoms with Gasteiger partial charge in [0, 0.05) is 5.41 Å². The molecule has 1 aromatic carbocycles. The Morgan fingerprint density at radius 3 is 2.09 bits per heavy atom. The second kappa shape index (κ2) is 4.81. The Kier molecular flexibility index (Phi) is 3.11. The van der Waals surface area contributed by atoms with Crippen molar-refractivity contribution in [3.05, 3.63) is 35.6 Å². The summed E-state index contributed by atoms with van der Waals surface area (Å²) in [6.45, 7) is 2.38. The molecule has 0 spiro atoms. The Bertz CT molecular complexity index is 562. The Morgan fingerprint density at radius 1 is 1.14 bits per heavy atom. The minimum atomic E-state index is -0.718. The molecule has 1 aromatic rings. The summed E-state index contributed by atoms with van der Waals surface area (Å²) in [5.41, 5.74) is 0.782. The lowest BCUT2D eigenvalue weighted by Crippen LogP contribution is -2.58. The lowest BCUT2D eigenvalue weighted by atomic mass is 9.41. The normalized spacial score (nSPS) is 42.5. The minimum Gasteiger partial charge on any atom is -0.481 e. The van der Waals surface area contributed by atoms with Gasteiger partial charge in [-0.25, -0.2) is 4.39 Å². The fourth-order valence-corrected chi connectivity index (χ4v) is 6.14. The number of aliphatic carboxylic acids is 1. The zero-order chi connectivity index (χ0) is 15.5. The smallest absolute Gasteiger partial charge is 0.304 e. The number of rotatable bonds is 3. The van der Waals surface area contributed by atoms with Gasteiger partial charge in [-0.2, -0.15) is 0 Å². The van der Waals surface area contributed by atoms with E-state index in [0.29, 0.717) is 11.8 Å². The summed E-state index contributed by atoms with van der Waals surface area (Å²) in [5.74, 6) is 2.27. The Balaban J connectivity index is 1.79. The van der Waals surface area contributed by atoms with Crippen LogP contribution in [0, 0.1) is 35.4 Å². The van der Waals surface area contributed by atoms with Crippen molar-refractivity contribution in [2.45, 2.75) is 44.4 Å². The van der Waals surface area contributed by atoms with Crippen molar-refractivity contribution >= 4 is 5.97 Å². The Hall–Kier alpha value is -1.38. The lowest BCUT2D eigenvalue weighted by Gasteiger charge is -2.63. The molecule has 0 saturated heterocycles. The van der Waals surface area contributed by atoms with E-state index < -0.39 is 5.97 Å². The number of carboxylic acids is 1. The predicted molar refractivity (Wildman–Crippen MR) is 81.9 cm³/mol. The molecule has 0 aliphatic heterocycles. The molecule has 4 saturated carbocycles. The summed E-state index contributed by atoms with van der Waals surface area (Å²) in [6.07, 6.45) is 4.80. The first kappa shape index (κ1) is 14.2. The highest BCUT2D eigenvalue weighted by Crippen LogP contribution is 2.65. The van der Waals surface area contributed by atoms with E-state index in [1.54, 1.807) is 0 Å². The van der Waals surface area contributed by atoms with Gasteiger partial charge in [-0.05, 0) is 73.0 Å². The predicted octanol–water partition coefficient (Wildman–Crippen LogP) is 4.24. The average Bonchev–Trinajstić information content (AvgIpc) is 2.45. The molecule has 0 radical (unpaired) electrons. The van der Waals surface area contributed by atoms with Crippen molar-refractivity contribution in [3.8, 4) is 0 Å². The first-order chi connectivity index (χ1) is 10.5. The van der Waals surface area contributed by atoms with E-state index in [9.17, 15) is 14.3 Å². The van der Waals surface area contributed by atoms with Gasteiger partial charge in [0.15, 0.2) is 0 Å². The van der Waals surface area contributed by atoms with Crippen LogP contribution in [-0.4, -0.2) is 11.1 Å². The molecule has 5 rings (SSSR count). The van der Waals surface area contributed by atoms with Crippen molar-refractivity contribution < 1.29 is 14.3 Å². The van der Waals surface area contributed by atoms with Gasteiger partial charge in [0.05, 0.1) is 6.42 Å². The average molecular weight is 302 g/mol. The van der Waals surface area contributed by atoms with Crippen LogP contribution in [0.4, 0.5) is 4.39 Å². The zero-order valence-electron chi connectivity index (χ0n) is 13.0.